The Morgan fingerprint density at radius 3 is 2.59 bits per heavy atom. The van der Waals surface area contributed by atoms with E-state index in [1.807, 2.05) is 75.4 Å². The summed E-state index contributed by atoms with van der Waals surface area (Å²) in [6, 6.07) is 15.4. The Balaban J connectivity index is 2.10. The molecule has 150 valence electrons. The first-order chi connectivity index (χ1) is 14.0. The minimum absolute atomic E-state index is 0.0841. The van der Waals surface area contributed by atoms with Crippen LogP contribution in [0.3, 0.4) is 0 Å². The van der Waals surface area contributed by atoms with Crippen molar-refractivity contribution in [3.05, 3.63) is 76.9 Å². The third-order valence-electron chi connectivity index (χ3n) is 5.05. The summed E-state index contributed by atoms with van der Waals surface area (Å²) >= 11 is 0. The van der Waals surface area contributed by atoms with Gasteiger partial charge in [0.05, 0.1) is 11.1 Å². The first kappa shape index (κ1) is 20.6. The Bertz CT molecular complexity index is 1000. The quantitative estimate of drug-likeness (QED) is 0.630. The van der Waals surface area contributed by atoms with Crippen LogP contribution in [-0.4, -0.2) is 29.6 Å². The summed E-state index contributed by atoms with van der Waals surface area (Å²) in [7, 11) is 0. The van der Waals surface area contributed by atoms with Gasteiger partial charge in [0.2, 0.25) is 0 Å². The molecule has 0 aromatic heterocycles. The summed E-state index contributed by atoms with van der Waals surface area (Å²) in [6.07, 6.45) is 2.49. The second-order valence-electron chi connectivity index (χ2n) is 7.19. The van der Waals surface area contributed by atoms with Gasteiger partial charge in [0.15, 0.2) is 0 Å². The molecular weight excluding hydrogens is 364 g/mol. The molecule has 5 nitrogen and oxygen atoms in total. The summed E-state index contributed by atoms with van der Waals surface area (Å²) in [4.78, 5) is 25.4. The number of aliphatic hydroxyl groups excluding tert-OH is 1. The van der Waals surface area contributed by atoms with Gasteiger partial charge in [0.1, 0.15) is 0 Å². The van der Waals surface area contributed by atoms with E-state index >= 15 is 0 Å². The molecule has 0 saturated heterocycles. The standard InChI is InChI=1S/C24H26N2O3/c1-4-19(20-11-6-5-8-15(20)2)22-21(23(28)26-24(22)29)17-9-7-10-18(14-17)25-16(3)12-13-27/h4-11,14,16,25,27H,12-13H2,1-3H3,(H,26,28,29)/b19-4+. The van der Waals surface area contributed by atoms with E-state index < -0.39 is 5.91 Å². The van der Waals surface area contributed by atoms with Crippen LogP contribution >= 0.6 is 0 Å². The number of aryl methyl sites for hydroxylation is 1. The van der Waals surface area contributed by atoms with Crippen molar-refractivity contribution in [2.75, 3.05) is 11.9 Å². The van der Waals surface area contributed by atoms with E-state index in [0.29, 0.717) is 23.1 Å². The van der Waals surface area contributed by atoms with Crippen LogP contribution in [-0.2, 0) is 9.59 Å². The molecule has 0 radical (unpaired) electrons. The Hall–Kier alpha value is -3.18. The van der Waals surface area contributed by atoms with Crippen LogP contribution in [0.15, 0.2) is 60.2 Å². The molecule has 5 heteroatoms. The Morgan fingerprint density at radius 2 is 1.90 bits per heavy atom. The molecule has 1 aliphatic rings. The maximum atomic E-state index is 12.7. The van der Waals surface area contributed by atoms with E-state index in [1.165, 1.54) is 0 Å². The van der Waals surface area contributed by atoms with Crippen LogP contribution in [0.2, 0.25) is 0 Å². The lowest BCUT2D eigenvalue weighted by molar-refractivity contribution is -0.123. The van der Waals surface area contributed by atoms with Gasteiger partial charge in [-0.1, -0.05) is 42.5 Å². The van der Waals surface area contributed by atoms with Crippen molar-refractivity contribution in [1.82, 2.24) is 5.32 Å². The summed E-state index contributed by atoms with van der Waals surface area (Å²) in [5.74, 6) is -0.771. The molecule has 1 atom stereocenters. The van der Waals surface area contributed by atoms with E-state index in [1.54, 1.807) is 0 Å². The molecule has 3 rings (SSSR count). The molecule has 1 heterocycles. The molecule has 2 amide bonds. The number of hydrogen-bond donors (Lipinski definition) is 3. The lowest BCUT2D eigenvalue weighted by Gasteiger charge is -2.15. The molecule has 29 heavy (non-hydrogen) atoms. The van der Waals surface area contributed by atoms with Crippen LogP contribution in [0, 0.1) is 6.92 Å². The predicted molar refractivity (Wildman–Crippen MR) is 116 cm³/mol. The van der Waals surface area contributed by atoms with Crippen molar-refractivity contribution >= 4 is 28.6 Å². The van der Waals surface area contributed by atoms with Crippen molar-refractivity contribution in [2.24, 2.45) is 0 Å². The van der Waals surface area contributed by atoms with Crippen molar-refractivity contribution in [3.63, 3.8) is 0 Å². The van der Waals surface area contributed by atoms with Gasteiger partial charge < -0.3 is 10.4 Å². The van der Waals surface area contributed by atoms with Gasteiger partial charge in [-0.05, 0) is 61.6 Å². The Labute approximate surface area is 171 Å². The number of hydrogen-bond acceptors (Lipinski definition) is 4. The molecule has 0 saturated carbocycles. The minimum atomic E-state index is -0.390. The fourth-order valence-electron chi connectivity index (χ4n) is 3.61. The summed E-state index contributed by atoms with van der Waals surface area (Å²) < 4.78 is 0. The molecule has 3 N–H and O–H groups in total. The lowest BCUT2D eigenvalue weighted by atomic mass is 9.89. The SMILES string of the molecule is C/C=C(/C1=C(c2cccc(NC(C)CCO)c2)C(=O)NC1=O)c1ccccc1C. The van der Waals surface area contributed by atoms with E-state index in [-0.39, 0.29) is 18.6 Å². The number of benzene rings is 2. The first-order valence-electron chi connectivity index (χ1n) is 9.76. The van der Waals surface area contributed by atoms with E-state index in [4.69, 9.17) is 5.11 Å². The highest BCUT2D eigenvalue weighted by Crippen LogP contribution is 2.35. The van der Waals surface area contributed by atoms with Crippen LogP contribution in [0.5, 0.6) is 0 Å². The predicted octanol–water partition coefficient (Wildman–Crippen LogP) is 3.69. The largest absolute Gasteiger partial charge is 0.396 e. The number of carbonyl (C=O) groups is 2. The Kier molecular flexibility index (Phi) is 6.29. The van der Waals surface area contributed by atoms with Gasteiger partial charge in [-0.25, -0.2) is 0 Å². The average molecular weight is 390 g/mol. The van der Waals surface area contributed by atoms with Gasteiger partial charge in [-0.3, -0.25) is 14.9 Å². The number of anilines is 1. The second kappa shape index (κ2) is 8.88. The molecule has 0 aliphatic carbocycles. The summed E-state index contributed by atoms with van der Waals surface area (Å²) in [5.41, 5.74) is 4.99. The monoisotopic (exact) mass is 390 g/mol. The van der Waals surface area contributed by atoms with Crippen molar-refractivity contribution < 1.29 is 14.7 Å². The first-order valence-corrected chi connectivity index (χ1v) is 9.76. The summed E-state index contributed by atoms with van der Waals surface area (Å²) in [6.45, 7) is 5.94. The van der Waals surface area contributed by atoms with Gasteiger partial charge in [0, 0.05) is 18.3 Å². The zero-order chi connectivity index (χ0) is 21.0. The number of amides is 2. The van der Waals surface area contributed by atoms with Crippen molar-refractivity contribution in [3.8, 4) is 0 Å². The molecular formula is C24H26N2O3. The molecule has 2 aromatic carbocycles. The van der Waals surface area contributed by atoms with Crippen molar-refractivity contribution in [2.45, 2.75) is 33.2 Å². The lowest BCUT2D eigenvalue weighted by Crippen LogP contribution is -2.23. The number of aliphatic hydroxyl groups is 1. The fourth-order valence-corrected chi connectivity index (χ4v) is 3.61. The zero-order valence-electron chi connectivity index (χ0n) is 17.0. The van der Waals surface area contributed by atoms with E-state index in [2.05, 4.69) is 10.6 Å². The maximum absolute atomic E-state index is 12.7. The van der Waals surface area contributed by atoms with Gasteiger partial charge in [0.25, 0.3) is 11.8 Å². The van der Waals surface area contributed by atoms with E-state index in [0.717, 1.165) is 22.4 Å². The van der Waals surface area contributed by atoms with Gasteiger partial charge in [-0.15, -0.1) is 0 Å². The van der Waals surface area contributed by atoms with Crippen LogP contribution in [0.25, 0.3) is 11.1 Å². The number of imide groups is 1. The highest BCUT2D eigenvalue weighted by Gasteiger charge is 2.33. The third-order valence-corrected chi connectivity index (χ3v) is 5.05. The highest BCUT2D eigenvalue weighted by molar-refractivity contribution is 6.40. The number of allylic oxidation sites excluding steroid dienone is 1. The number of carbonyl (C=O) groups excluding carboxylic acids is 2. The molecule has 1 aliphatic heterocycles. The van der Waals surface area contributed by atoms with E-state index in [9.17, 15) is 9.59 Å². The number of nitrogens with one attached hydrogen (secondary N) is 2. The average Bonchev–Trinajstić information content (AvgIpc) is 2.98. The summed E-state index contributed by atoms with van der Waals surface area (Å²) in [5, 5.41) is 14.9. The van der Waals surface area contributed by atoms with Crippen LogP contribution < -0.4 is 10.6 Å². The fraction of sp³-hybridized carbons (Fsp3) is 0.250. The molecule has 1 unspecified atom stereocenters. The van der Waals surface area contributed by atoms with Crippen LogP contribution in [0.1, 0.15) is 37.0 Å². The maximum Gasteiger partial charge on any atom is 0.259 e. The molecule has 0 fully saturated rings. The second-order valence-corrected chi connectivity index (χ2v) is 7.19. The number of rotatable bonds is 7. The van der Waals surface area contributed by atoms with Crippen molar-refractivity contribution in [1.29, 1.82) is 0 Å². The molecule has 0 bridgehead atoms. The zero-order valence-corrected chi connectivity index (χ0v) is 17.0. The molecule has 0 spiro atoms. The third kappa shape index (κ3) is 4.30. The van der Waals surface area contributed by atoms with Crippen LogP contribution in [0.4, 0.5) is 5.69 Å². The van der Waals surface area contributed by atoms with Gasteiger partial charge >= 0.3 is 0 Å². The van der Waals surface area contributed by atoms with Gasteiger partial charge in [-0.2, -0.15) is 0 Å². The minimum Gasteiger partial charge on any atom is -0.396 e. The highest BCUT2D eigenvalue weighted by atomic mass is 16.3. The molecule has 2 aromatic rings. The smallest absolute Gasteiger partial charge is 0.259 e. The normalized spacial score (nSPS) is 15.5. The topological polar surface area (TPSA) is 78.4 Å². The Morgan fingerprint density at radius 1 is 1.14 bits per heavy atom.